The number of rotatable bonds is 12. The second-order valence-electron chi connectivity index (χ2n) is 11.2. The number of carbonyl (C=O) groups excluding carboxylic acids is 1. The van der Waals surface area contributed by atoms with Crippen LogP contribution in [0.5, 0.6) is 0 Å². The predicted octanol–water partition coefficient (Wildman–Crippen LogP) is 5.96. The van der Waals surface area contributed by atoms with Crippen molar-refractivity contribution in [1.82, 2.24) is 25.2 Å². The molecule has 240 valence electrons. The number of tetrazole rings is 1. The van der Waals surface area contributed by atoms with Crippen molar-refractivity contribution in [2.45, 2.75) is 65.0 Å². The lowest BCUT2D eigenvalue weighted by Gasteiger charge is -2.34. The third kappa shape index (κ3) is 8.59. The second kappa shape index (κ2) is 13.8. The Morgan fingerprint density at radius 2 is 1.64 bits per heavy atom. The van der Waals surface area contributed by atoms with Crippen LogP contribution in [-0.2, 0) is 42.0 Å². The Labute approximate surface area is 251 Å². The Kier molecular flexibility index (Phi) is 10.4. The molecule has 0 amide bonds. The van der Waals surface area contributed by atoms with E-state index in [9.17, 15) is 31.1 Å². The van der Waals surface area contributed by atoms with Crippen molar-refractivity contribution in [3.63, 3.8) is 0 Å². The SMILES string of the molecule is CCN(C[C@H]1CC[C@H](COC=O)CC1)c1ncc(C(F)(F)F)cc1CN(Cc1cc(C)cc(C(F)(F)F)c1)c1nnn(C)n1. The molecule has 1 aromatic carbocycles. The molecule has 0 N–H and O–H groups in total. The monoisotopic (exact) mass is 627 g/mol. The number of benzene rings is 1. The van der Waals surface area contributed by atoms with Crippen LogP contribution in [0.1, 0.15) is 60.4 Å². The normalized spacial score (nSPS) is 17.4. The van der Waals surface area contributed by atoms with Gasteiger partial charge < -0.3 is 14.5 Å². The highest BCUT2D eigenvalue weighted by molar-refractivity contribution is 5.51. The van der Waals surface area contributed by atoms with Crippen LogP contribution >= 0.6 is 0 Å². The Bertz CT molecular complexity index is 1400. The van der Waals surface area contributed by atoms with Gasteiger partial charge in [0.1, 0.15) is 5.82 Å². The first-order valence-electron chi connectivity index (χ1n) is 14.3. The van der Waals surface area contributed by atoms with Gasteiger partial charge in [-0.05, 0) is 80.3 Å². The summed E-state index contributed by atoms with van der Waals surface area (Å²) in [6.07, 6.45) is -4.97. The van der Waals surface area contributed by atoms with E-state index in [1.165, 1.54) is 16.7 Å². The molecule has 2 aromatic heterocycles. The minimum atomic E-state index is -4.66. The first kappa shape index (κ1) is 33.0. The zero-order chi connectivity index (χ0) is 32.1. The number of nitrogens with zero attached hydrogens (tertiary/aromatic N) is 7. The summed E-state index contributed by atoms with van der Waals surface area (Å²) in [6, 6.07) is 4.65. The molecule has 9 nitrogen and oxygen atoms in total. The van der Waals surface area contributed by atoms with Gasteiger partial charge in [-0.1, -0.05) is 16.7 Å². The smallest absolute Gasteiger partial charge is 0.417 e. The zero-order valence-electron chi connectivity index (χ0n) is 24.7. The van der Waals surface area contributed by atoms with Crippen molar-refractivity contribution < 1.29 is 35.9 Å². The molecule has 0 spiro atoms. The van der Waals surface area contributed by atoms with Gasteiger partial charge in [-0.25, -0.2) is 4.98 Å². The minimum Gasteiger partial charge on any atom is -0.468 e. The molecule has 2 heterocycles. The number of hydrogen-bond donors (Lipinski definition) is 0. The van der Waals surface area contributed by atoms with Gasteiger partial charge in [0.2, 0.25) is 0 Å². The van der Waals surface area contributed by atoms with E-state index in [0.29, 0.717) is 37.5 Å². The summed E-state index contributed by atoms with van der Waals surface area (Å²) in [6.45, 7) is 4.98. The highest BCUT2D eigenvalue weighted by atomic mass is 19.4. The van der Waals surface area contributed by atoms with Crippen molar-refractivity contribution in [2.24, 2.45) is 18.9 Å². The highest BCUT2D eigenvalue weighted by Crippen LogP contribution is 2.35. The first-order valence-corrected chi connectivity index (χ1v) is 14.3. The van der Waals surface area contributed by atoms with E-state index >= 15 is 0 Å². The lowest BCUT2D eigenvalue weighted by molar-refractivity contribution is -0.138. The largest absolute Gasteiger partial charge is 0.468 e. The Morgan fingerprint density at radius 1 is 0.955 bits per heavy atom. The Morgan fingerprint density at radius 3 is 2.23 bits per heavy atom. The van der Waals surface area contributed by atoms with Crippen LogP contribution in [0.4, 0.5) is 38.1 Å². The van der Waals surface area contributed by atoms with Gasteiger partial charge in [-0.2, -0.15) is 31.1 Å². The summed E-state index contributed by atoms with van der Waals surface area (Å²) in [5.41, 5.74) is -0.872. The second-order valence-corrected chi connectivity index (χ2v) is 11.2. The van der Waals surface area contributed by atoms with Crippen LogP contribution in [-0.4, -0.2) is 51.4 Å². The molecule has 1 aliphatic carbocycles. The molecule has 0 saturated heterocycles. The molecular weight excluding hydrogens is 592 g/mol. The fourth-order valence-corrected chi connectivity index (χ4v) is 5.63. The molecule has 1 saturated carbocycles. The summed E-state index contributed by atoms with van der Waals surface area (Å²) in [4.78, 5) is 19.4. The van der Waals surface area contributed by atoms with Crippen molar-refractivity contribution >= 4 is 18.2 Å². The minimum absolute atomic E-state index is 0.0461. The number of anilines is 2. The van der Waals surface area contributed by atoms with E-state index in [2.05, 4.69) is 20.4 Å². The highest BCUT2D eigenvalue weighted by Gasteiger charge is 2.34. The summed E-state index contributed by atoms with van der Waals surface area (Å²) in [7, 11) is 1.51. The standard InChI is InChI=1S/C29H35F6N7O2/c1-4-41(14-20-5-7-21(8-6-20)17-44-18-43)26-23(12-25(13-36-26)29(33,34)35)16-42(27-37-39-40(3)38-27)15-22-9-19(2)10-24(11-22)28(30,31)32/h9-13,18,20-21H,4-8,14-17H2,1-3H3/t20-,21-. The van der Waals surface area contributed by atoms with Crippen LogP contribution < -0.4 is 9.80 Å². The van der Waals surface area contributed by atoms with E-state index in [4.69, 9.17) is 4.74 Å². The van der Waals surface area contributed by atoms with Crippen molar-refractivity contribution in [3.05, 3.63) is 58.3 Å². The number of carbonyl (C=O) groups is 1. The molecule has 0 atom stereocenters. The average molecular weight is 628 g/mol. The quantitative estimate of drug-likeness (QED) is 0.180. The van der Waals surface area contributed by atoms with Gasteiger partial charge in [0, 0.05) is 37.9 Å². The number of aryl methyl sites for hydroxylation is 2. The fourth-order valence-electron chi connectivity index (χ4n) is 5.63. The maximum atomic E-state index is 13.8. The molecule has 1 fully saturated rings. The van der Waals surface area contributed by atoms with E-state index in [1.807, 2.05) is 11.8 Å². The van der Waals surface area contributed by atoms with Crippen molar-refractivity contribution in [1.29, 1.82) is 0 Å². The summed E-state index contributed by atoms with van der Waals surface area (Å²) >= 11 is 0. The number of halogens is 6. The van der Waals surface area contributed by atoms with Crippen LogP contribution in [0.15, 0.2) is 30.5 Å². The van der Waals surface area contributed by atoms with Gasteiger partial charge in [0.05, 0.1) is 24.8 Å². The van der Waals surface area contributed by atoms with Crippen LogP contribution in [0.3, 0.4) is 0 Å². The number of aromatic nitrogens is 5. The Hall–Kier alpha value is -3.91. The maximum Gasteiger partial charge on any atom is 0.417 e. The van der Waals surface area contributed by atoms with Crippen molar-refractivity contribution in [3.8, 4) is 0 Å². The van der Waals surface area contributed by atoms with Gasteiger partial charge in [0.25, 0.3) is 12.4 Å². The lowest BCUT2D eigenvalue weighted by atomic mass is 9.82. The number of hydrogen-bond acceptors (Lipinski definition) is 8. The zero-order valence-corrected chi connectivity index (χ0v) is 24.7. The van der Waals surface area contributed by atoms with Gasteiger partial charge in [-0.3, -0.25) is 4.79 Å². The lowest BCUT2D eigenvalue weighted by Crippen LogP contribution is -2.34. The molecule has 0 radical (unpaired) electrons. The Balaban J connectivity index is 1.66. The topological polar surface area (TPSA) is 89.3 Å². The van der Waals surface area contributed by atoms with Gasteiger partial charge in [-0.15, -0.1) is 5.10 Å². The molecule has 3 aromatic rings. The van der Waals surface area contributed by atoms with Crippen molar-refractivity contribution in [2.75, 3.05) is 29.5 Å². The van der Waals surface area contributed by atoms with Crippen LogP contribution in [0.25, 0.3) is 0 Å². The van der Waals surface area contributed by atoms with E-state index in [1.54, 1.807) is 13.0 Å². The molecule has 1 aliphatic rings. The predicted molar refractivity (Wildman–Crippen MR) is 149 cm³/mol. The van der Waals surface area contributed by atoms with E-state index in [-0.39, 0.29) is 42.0 Å². The molecule has 0 unspecified atom stereocenters. The fraction of sp³-hybridized carbons (Fsp3) is 0.552. The summed E-state index contributed by atoms with van der Waals surface area (Å²) in [5, 5.41) is 12.0. The molecule has 0 aliphatic heterocycles. The van der Waals surface area contributed by atoms with Crippen LogP contribution in [0, 0.1) is 18.8 Å². The number of pyridine rings is 1. The summed E-state index contributed by atoms with van der Waals surface area (Å²) < 4.78 is 87.2. The summed E-state index contributed by atoms with van der Waals surface area (Å²) in [5.74, 6) is 0.926. The van der Waals surface area contributed by atoms with Gasteiger partial charge in [0.15, 0.2) is 0 Å². The van der Waals surface area contributed by atoms with E-state index < -0.39 is 23.5 Å². The molecule has 4 rings (SSSR count). The number of ether oxygens (including phenoxy) is 1. The average Bonchev–Trinajstić information content (AvgIpc) is 3.40. The first-order chi connectivity index (χ1) is 20.8. The third-order valence-electron chi connectivity index (χ3n) is 7.78. The van der Waals surface area contributed by atoms with E-state index in [0.717, 1.165) is 50.1 Å². The maximum absolute atomic E-state index is 13.8. The third-order valence-corrected chi connectivity index (χ3v) is 7.78. The number of alkyl halides is 6. The molecule has 0 bridgehead atoms. The molecular formula is C29H35F6N7O2. The molecule has 15 heteroatoms. The van der Waals surface area contributed by atoms with Crippen LogP contribution in [0.2, 0.25) is 0 Å². The van der Waals surface area contributed by atoms with Gasteiger partial charge >= 0.3 is 12.4 Å². The molecule has 44 heavy (non-hydrogen) atoms.